The molecule has 0 aromatic carbocycles. The number of ether oxygens (including phenoxy) is 1. The van der Waals surface area contributed by atoms with E-state index in [1.165, 1.54) is 0 Å². The van der Waals surface area contributed by atoms with Gasteiger partial charge in [-0.1, -0.05) is 0 Å². The number of nitrogens with one attached hydrogen (secondary N) is 2. The van der Waals surface area contributed by atoms with Crippen LogP contribution in [0.5, 0.6) is 0 Å². The molecule has 4 N–H and O–H groups in total. The molecule has 0 aromatic rings. The molecule has 1 fully saturated rings. The van der Waals surface area contributed by atoms with E-state index in [1.807, 2.05) is 0 Å². The van der Waals surface area contributed by atoms with Crippen molar-refractivity contribution >= 4 is 12.2 Å². The van der Waals surface area contributed by atoms with E-state index in [0.717, 1.165) is 19.4 Å². The maximum Gasteiger partial charge on any atom is 0.417 e. The van der Waals surface area contributed by atoms with Gasteiger partial charge in [0.2, 0.25) is 0 Å². The molecule has 6 heteroatoms. The predicted molar refractivity (Wildman–Crippen MR) is 40.2 cm³/mol. The second-order valence-corrected chi connectivity index (χ2v) is 2.50. The fraction of sp³-hybridized carbons (Fsp3) is 0.667. The van der Waals surface area contributed by atoms with Gasteiger partial charge in [0.1, 0.15) is 0 Å². The van der Waals surface area contributed by atoms with E-state index in [0.29, 0.717) is 0 Å². The third-order valence-electron chi connectivity index (χ3n) is 1.55. The average Bonchev–Trinajstić information content (AvgIpc) is 2.37. The quantitative estimate of drug-likeness (QED) is 0.466. The third kappa shape index (κ3) is 2.75. The van der Waals surface area contributed by atoms with E-state index < -0.39 is 12.2 Å². The molecule has 0 saturated carbocycles. The van der Waals surface area contributed by atoms with E-state index >= 15 is 0 Å². The van der Waals surface area contributed by atoms with E-state index in [2.05, 4.69) is 21.1 Å². The summed E-state index contributed by atoms with van der Waals surface area (Å²) in [5, 5.41) is 5.43. The Bertz CT molecular complexity index is 188. The predicted octanol–water partition coefficient (Wildman–Crippen LogP) is -0.499. The van der Waals surface area contributed by atoms with Crippen LogP contribution >= 0.6 is 0 Å². The lowest BCUT2D eigenvalue weighted by Crippen LogP contribution is -2.42. The van der Waals surface area contributed by atoms with Crippen LogP contribution in [0.3, 0.4) is 0 Å². The second-order valence-electron chi connectivity index (χ2n) is 2.50. The largest absolute Gasteiger partial charge is 0.417 e. The Morgan fingerprint density at radius 1 is 1.58 bits per heavy atom. The van der Waals surface area contributed by atoms with Gasteiger partial charge in [-0.25, -0.2) is 9.59 Å². The Balaban J connectivity index is 2.20. The maximum absolute atomic E-state index is 10.7. The van der Waals surface area contributed by atoms with Crippen molar-refractivity contribution in [1.82, 2.24) is 10.6 Å². The molecule has 0 aliphatic carbocycles. The van der Waals surface area contributed by atoms with Crippen molar-refractivity contribution in [3.05, 3.63) is 0 Å². The van der Waals surface area contributed by atoms with Gasteiger partial charge >= 0.3 is 12.2 Å². The molecule has 1 aliphatic rings. The summed E-state index contributed by atoms with van der Waals surface area (Å²) < 4.78 is 4.06. The minimum Gasteiger partial charge on any atom is -0.360 e. The van der Waals surface area contributed by atoms with Gasteiger partial charge in [-0.05, 0) is 19.4 Å². The zero-order chi connectivity index (χ0) is 8.97. The van der Waals surface area contributed by atoms with Crippen LogP contribution in [0.4, 0.5) is 9.59 Å². The molecule has 0 aromatic heterocycles. The second kappa shape index (κ2) is 3.91. The summed E-state index contributed by atoms with van der Waals surface area (Å²) in [7, 11) is 0. The van der Waals surface area contributed by atoms with E-state index in [9.17, 15) is 9.59 Å². The van der Waals surface area contributed by atoms with Gasteiger partial charge in [0.05, 0.1) is 6.17 Å². The highest BCUT2D eigenvalue weighted by molar-refractivity contribution is 5.82. The lowest BCUT2D eigenvalue weighted by Gasteiger charge is -2.10. The number of carbonyl (C=O) groups is 2. The SMILES string of the molecule is NC(=O)OC(=O)NC1CCCN1. The fourth-order valence-electron chi connectivity index (χ4n) is 1.07. The Morgan fingerprint density at radius 2 is 2.33 bits per heavy atom. The number of hydrogen-bond acceptors (Lipinski definition) is 4. The third-order valence-corrected chi connectivity index (χ3v) is 1.55. The number of nitrogens with two attached hydrogens (primary N) is 1. The highest BCUT2D eigenvalue weighted by Crippen LogP contribution is 2.01. The van der Waals surface area contributed by atoms with Gasteiger partial charge in [-0.15, -0.1) is 0 Å². The van der Waals surface area contributed by atoms with Crippen LogP contribution in [0.2, 0.25) is 0 Å². The maximum atomic E-state index is 10.7. The molecule has 1 heterocycles. The number of amides is 2. The van der Waals surface area contributed by atoms with Crippen LogP contribution in [0.1, 0.15) is 12.8 Å². The standard InChI is InChI=1S/C6H11N3O3/c7-5(10)12-6(11)9-4-2-1-3-8-4/h4,8H,1-3H2,(H2,7,10)(H,9,11). The number of carbonyl (C=O) groups excluding carboxylic acids is 2. The van der Waals surface area contributed by atoms with Crippen LogP contribution in [0, 0.1) is 0 Å². The highest BCUT2D eigenvalue weighted by Gasteiger charge is 2.17. The van der Waals surface area contributed by atoms with Gasteiger partial charge in [0.15, 0.2) is 0 Å². The summed E-state index contributed by atoms with van der Waals surface area (Å²) in [6, 6.07) is 0. The molecule has 0 radical (unpaired) electrons. The lowest BCUT2D eigenvalue weighted by molar-refractivity contribution is 0.153. The number of hydrogen-bond donors (Lipinski definition) is 3. The van der Waals surface area contributed by atoms with Crippen molar-refractivity contribution in [1.29, 1.82) is 0 Å². The minimum atomic E-state index is -1.09. The van der Waals surface area contributed by atoms with Crippen LogP contribution < -0.4 is 16.4 Å². The molecule has 6 nitrogen and oxygen atoms in total. The zero-order valence-electron chi connectivity index (χ0n) is 6.50. The Hall–Kier alpha value is -1.30. The van der Waals surface area contributed by atoms with Gasteiger partial charge in [-0.2, -0.15) is 0 Å². The van der Waals surface area contributed by atoms with Crippen molar-refractivity contribution in [3.8, 4) is 0 Å². The Kier molecular flexibility index (Phi) is 2.87. The molecule has 68 valence electrons. The first kappa shape index (κ1) is 8.79. The summed E-state index contributed by atoms with van der Waals surface area (Å²) >= 11 is 0. The van der Waals surface area contributed by atoms with Gasteiger partial charge in [0.25, 0.3) is 0 Å². The van der Waals surface area contributed by atoms with Gasteiger partial charge in [0, 0.05) is 0 Å². The summed E-state index contributed by atoms with van der Waals surface area (Å²) in [6.45, 7) is 0.863. The monoisotopic (exact) mass is 173 g/mol. The van der Waals surface area contributed by atoms with Crippen molar-refractivity contribution in [2.75, 3.05) is 6.54 Å². The minimum absolute atomic E-state index is 0.100. The van der Waals surface area contributed by atoms with Crippen molar-refractivity contribution in [3.63, 3.8) is 0 Å². The van der Waals surface area contributed by atoms with Crippen LogP contribution in [0.15, 0.2) is 0 Å². The molecular weight excluding hydrogens is 162 g/mol. The molecule has 1 unspecified atom stereocenters. The normalized spacial score (nSPS) is 21.8. The molecule has 1 atom stereocenters. The molecular formula is C6H11N3O3. The first-order valence-electron chi connectivity index (χ1n) is 3.69. The number of alkyl carbamates (subject to hydrolysis) is 1. The average molecular weight is 173 g/mol. The van der Waals surface area contributed by atoms with E-state index in [4.69, 9.17) is 0 Å². The van der Waals surface area contributed by atoms with Crippen LogP contribution in [-0.4, -0.2) is 24.9 Å². The van der Waals surface area contributed by atoms with Gasteiger partial charge < -0.3 is 15.8 Å². The summed E-state index contributed by atoms with van der Waals surface area (Å²) in [5.74, 6) is 0. The van der Waals surface area contributed by atoms with E-state index in [-0.39, 0.29) is 6.17 Å². The topological polar surface area (TPSA) is 93.5 Å². The van der Waals surface area contributed by atoms with Crippen LogP contribution in [0.25, 0.3) is 0 Å². The van der Waals surface area contributed by atoms with Gasteiger partial charge in [-0.3, -0.25) is 5.32 Å². The number of primary amides is 1. The van der Waals surface area contributed by atoms with E-state index in [1.54, 1.807) is 0 Å². The van der Waals surface area contributed by atoms with Crippen LogP contribution in [-0.2, 0) is 4.74 Å². The molecule has 2 amide bonds. The summed E-state index contributed by atoms with van der Waals surface area (Å²) in [6.07, 6.45) is -0.153. The molecule has 1 aliphatic heterocycles. The lowest BCUT2D eigenvalue weighted by atomic mass is 10.3. The number of rotatable bonds is 1. The van der Waals surface area contributed by atoms with Crippen molar-refractivity contribution in [2.24, 2.45) is 5.73 Å². The smallest absolute Gasteiger partial charge is 0.360 e. The zero-order valence-corrected chi connectivity index (χ0v) is 6.50. The first-order chi connectivity index (χ1) is 5.68. The Morgan fingerprint density at radius 3 is 2.83 bits per heavy atom. The Labute approximate surface area is 69.4 Å². The molecule has 1 saturated heterocycles. The van der Waals surface area contributed by atoms with Crippen molar-refractivity contribution in [2.45, 2.75) is 19.0 Å². The first-order valence-corrected chi connectivity index (χ1v) is 3.69. The molecule has 1 rings (SSSR count). The molecule has 0 spiro atoms. The fourth-order valence-corrected chi connectivity index (χ4v) is 1.07. The molecule has 12 heavy (non-hydrogen) atoms. The highest BCUT2D eigenvalue weighted by atomic mass is 16.6. The summed E-state index contributed by atoms with van der Waals surface area (Å²) in [4.78, 5) is 20.8. The molecule has 0 bridgehead atoms. The van der Waals surface area contributed by atoms with Crippen molar-refractivity contribution < 1.29 is 14.3 Å². The summed E-state index contributed by atoms with van der Waals surface area (Å²) in [5.41, 5.74) is 4.63.